The van der Waals surface area contributed by atoms with Gasteiger partial charge in [-0.25, -0.2) is 4.98 Å². The third-order valence-electron chi connectivity index (χ3n) is 2.81. The topological polar surface area (TPSA) is 51.4 Å². The van der Waals surface area contributed by atoms with E-state index in [1.807, 2.05) is 18.3 Å². The summed E-state index contributed by atoms with van der Waals surface area (Å²) in [5, 5.41) is 0. The summed E-state index contributed by atoms with van der Waals surface area (Å²) in [4.78, 5) is 6.68. The number of aromatic nitrogens is 1. The lowest BCUT2D eigenvalue weighted by Gasteiger charge is -2.39. The quantitative estimate of drug-likeness (QED) is 0.814. The van der Waals surface area contributed by atoms with E-state index in [9.17, 15) is 0 Å². The van der Waals surface area contributed by atoms with Crippen LogP contribution >= 0.6 is 0 Å². The Morgan fingerprint density at radius 2 is 2.38 bits per heavy atom. The second-order valence-corrected chi connectivity index (χ2v) is 4.72. The van der Waals surface area contributed by atoms with Crippen LogP contribution in [0.25, 0.3) is 0 Å². The van der Waals surface area contributed by atoms with Crippen molar-refractivity contribution in [2.24, 2.45) is 5.73 Å². The van der Waals surface area contributed by atoms with Gasteiger partial charge in [-0.1, -0.05) is 6.07 Å². The van der Waals surface area contributed by atoms with Crippen molar-refractivity contribution in [1.82, 2.24) is 4.98 Å². The average molecular weight is 221 g/mol. The molecule has 88 valence electrons. The highest BCUT2D eigenvalue weighted by atomic mass is 16.5. The minimum absolute atomic E-state index is 0.109. The van der Waals surface area contributed by atoms with Gasteiger partial charge < -0.3 is 15.4 Å². The van der Waals surface area contributed by atoms with Gasteiger partial charge in [0.2, 0.25) is 0 Å². The summed E-state index contributed by atoms with van der Waals surface area (Å²) in [5.41, 5.74) is 6.71. The summed E-state index contributed by atoms with van der Waals surface area (Å²) < 4.78 is 5.69. The number of pyridine rings is 1. The van der Waals surface area contributed by atoms with E-state index < -0.39 is 0 Å². The lowest BCUT2D eigenvalue weighted by Crippen LogP contribution is -2.49. The molecule has 2 rings (SSSR count). The van der Waals surface area contributed by atoms with E-state index in [1.54, 1.807) is 0 Å². The fraction of sp³-hybridized carbons (Fsp3) is 0.583. The van der Waals surface area contributed by atoms with Crippen molar-refractivity contribution in [2.75, 3.05) is 24.6 Å². The molecular weight excluding hydrogens is 202 g/mol. The maximum absolute atomic E-state index is 5.73. The zero-order valence-corrected chi connectivity index (χ0v) is 9.94. The van der Waals surface area contributed by atoms with Crippen LogP contribution in [0.1, 0.15) is 19.4 Å². The zero-order valence-electron chi connectivity index (χ0n) is 9.94. The van der Waals surface area contributed by atoms with Gasteiger partial charge >= 0.3 is 0 Å². The van der Waals surface area contributed by atoms with Gasteiger partial charge in [-0.3, -0.25) is 0 Å². The Hall–Kier alpha value is -1.13. The molecule has 2 N–H and O–H groups in total. The van der Waals surface area contributed by atoms with E-state index in [0.717, 1.165) is 31.1 Å². The number of anilines is 1. The Labute approximate surface area is 96.4 Å². The monoisotopic (exact) mass is 221 g/mol. The first-order valence-corrected chi connectivity index (χ1v) is 5.65. The van der Waals surface area contributed by atoms with Crippen LogP contribution in [0, 0.1) is 0 Å². The van der Waals surface area contributed by atoms with Crippen molar-refractivity contribution in [2.45, 2.75) is 26.0 Å². The minimum Gasteiger partial charge on any atom is -0.372 e. The molecule has 0 aromatic carbocycles. The largest absolute Gasteiger partial charge is 0.372 e. The second kappa shape index (κ2) is 4.39. The SMILES string of the molecule is CC1(C)CN(c2ncccc2CN)CCO1. The van der Waals surface area contributed by atoms with E-state index in [-0.39, 0.29) is 5.60 Å². The summed E-state index contributed by atoms with van der Waals surface area (Å²) in [6, 6.07) is 3.96. The molecule has 1 aliphatic heterocycles. The van der Waals surface area contributed by atoms with Crippen molar-refractivity contribution < 1.29 is 4.74 Å². The van der Waals surface area contributed by atoms with Gasteiger partial charge in [0.25, 0.3) is 0 Å². The molecule has 2 heterocycles. The number of nitrogens with zero attached hydrogens (tertiary/aromatic N) is 2. The van der Waals surface area contributed by atoms with Crippen LogP contribution in [0.3, 0.4) is 0 Å². The lowest BCUT2D eigenvalue weighted by atomic mass is 10.1. The maximum atomic E-state index is 5.73. The highest BCUT2D eigenvalue weighted by Crippen LogP contribution is 2.23. The van der Waals surface area contributed by atoms with E-state index in [2.05, 4.69) is 23.7 Å². The lowest BCUT2D eigenvalue weighted by molar-refractivity contribution is -0.0279. The van der Waals surface area contributed by atoms with Crippen molar-refractivity contribution in [1.29, 1.82) is 0 Å². The van der Waals surface area contributed by atoms with Crippen LogP contribution in [-0.4, -0.2) is 30.3 Å². The second-order valence-electron chi connectivity index (χ2n) is 4.72. The van der Waals surface area contributed by atoms with Crippen LogP contribution in [0.4, 0.5) is 5.82 Å². The molecule has 4 nitrogen and oxygen atoms in total. The number of morpholine rings is 1. The summed E-state index contributed by atoms with van der Waals surface area (Å²) >= 11 is 0. The van der Waals surface area contributed by atoms with Crippen LogP contribution in [0.15, 0.2) is 18.3 Å². The van der Waals surface area contributed by atoms with Crippen molar-refractivity contribution in [3.05, 3.63) is 23.9 Å². The number of rotatable bonds is 2. The Bertz CT molecular complexity index is 365. The minimum atomic E-state index is -0.109. The predicted octanol–water partition coefficient (Wildman–Crippen LogP) is 1.16. The first-order valence-electron chi connectivity index (χ1n) is 5.65. The standard InChI is InChI=1S/C12H19N3O/c1-12(2)9-15(6-7-16-12)11-10(8-13)4-3-5-14-11/h3-5H,6-9,13H2,1-2H3. The van der Waals surface area contributed by atoms with Gasteiger partial charge in [-0.15, -0.1) is 0 Å². The van der Waals surface area contributed by atoms with E-state index >= 15 is 0 Å². The molecule has 4 heteroatoms. The smallest absolute Gasteiger partial charge is 0.133 e. The number of nitrogens with two attached hydrogens (primary N) is 1. The molecule has 0 spiro atoms. The Kier molecular flexibility index (Phi) is 3.12. The molecule has 1 aromatic rings. The summed E-state index contributed by atoms with van der Waals surface area (Å²) in [6.45, 7) is 7.22. The maximum Gasteiger partial charge on any atom is 0.133 e. The highest BCUT2D eigenvalue weighted by molar-refractivity contribution is 5.47. The average Bonchev–Trinajstić information content (AvgIpc) is 2.27. The first kappa shape index (κ1) is 11.4. The molecule has 1 aliphatic rings. The van der Waals surface area contributed by atoms with Crippen LogP contribution < -0.4 is 10.6 Å². The van der Waals surface area contributed by atoms with Gasteiger partial charge in [0.05, 0.1) is 12.2 Å². The molecule has 0 unspecified atom stereocenters. The van der Waals surface area contributed by atoms with E-state index in [4.69, 9.17) is 10.5 Å². The molecular formula is C12H19N3O. The van der Waals surface area contributed by atoms with E-state index in [1.165, 1.54) is 0 Å². The molecule has 0 aliphatic carbocycles. The van der Waals surface area contributed by atoms with Crippen molar-refractivity contribution in [3.63, 3.8) is 0 Å². The van der Waals surface area contributed by atoms with Crippen LogP contribution in [0.5, 0.6) is 0 Å². The van der Waals surface area contributed by atoms with Crippen molar-refractivity contribution >= 4 is 5.82 Å². The normalized spacial score (nSPS) is 19.8. The van der Waals surface area contributed by atoms with E-state index in [0.29, 0.717) is 6.54 Å². The molecule has 0 amide bonds. The van der Waals surface area contributed by atoms with Gasteiger partial charge in [-0.05, 0) is 19.9 Å². The fourth-order valence-electron chi connectivity index (χ4n) is 2.07. The van der Waals surface area contributed by atoms with Gasteiger partial charge in [0, 0.05) is 31.4 Å². The summed E-state index contributed by atoms with van der Waals surface area (Å²) in [7, 11) is 0. The molecule has 1 aromatic heterocycles. The van der Waals surface area contributed by atoms with Gasteiger partial charge in [-0.2, -0.15) is 0 Å². The Morgan fingerprint density at radius 3 is 3.06 bits per heavy atom. The van der Waals surface area contributed by atoms with Crippen molar-refractivity contribution in [3.8, 4) is 0 Å². The third-order valence-corrected chi connectivity index (χ3v) is 2.81. The van der Waals surface area contributed by atoms with Crippen LogP contribution in [-0.2, 0) is 11.3 Å². The molecule has 0 bridgehead atoms. The highest BCUT2D eigenvalue weighted by Gasteiger charge is 2.28. The van der Waals surface area contributed by atoms with Gasteiger partial charge in [0.15, 0.2) is 0 Å². The molecule has 0 saturated carbocycles. The molecule has 1 fully saturated rings. The van der Waals surface area contributed by atoms with Gasteiger partial charge in [0.1, 0.15) is 5.82 Å². The number of ether oxygens (including phenoxy) is 1. The summed E-state index contributed by atoms with van der Waals surface area (Å²) in [5.74, 6) is 1.00. The fourth-order valence-corrected chi connectivity index (χ4v) is 2.07. The predicted molar refractivity (Wildman–Crippen MR) is 64.4 cm³/mol. The van der Waals surface area contributed by atoms with Crippen LogP contribution in [0.2, 0.25) is 0 Å². The first-order chi connectivity index (χ1) is 7.62. The Balaban J connectivity index is 2.23. The number of hydrogen-bond acceptors (Lipinski definition) is 4. The third kappa shape index (κ3) is 2.33. The Morgan fingerprint density at radius 1 is 1.56 bits per heavy atom. The molecule has 16 heavy (non-hydrogen) atoms. The molecule has 0 atom stereocenters. The molecule has 1 saturated heterocycles. The summed E-state index contributed by atoms with van der Waals surface area (Å²) in [6.07, 6.45) is 1.82. The molecule has 0 radical (unpaired) electrons. The number of hydrogen-bond donors (Lipinski definition) is 1. The zero-order chi connectivity index (χ0) is 11.6.